The van der Waals surface area contributed by atoms with E-state index in [0.717, 1.165) is 42.9 Å². The Labute approximate surface area is 153 Å². The summed E-state index contributed by atoms with van der Waals surface area (Å²) in [6, 6.07) is 5.71. The molecule has 3 heterocycles. The van der Waals surface area contributed by atoms with E-state index in [1.54, 1.807) is 7.11 Å². The molecule has 1 unspecified atom stereocenters. The Kier molecular flexibility index (Phi) is 4.38. The number of methoxy groups -OCH3 is 1. The molecule has 2 N–H and O–H groups in total. The van der Waals surface area contributed by atoms with E-state index in [9.17, 15) is 9.59 Å². The van der Waals surface area contributed by atoms with Crippen LogP contribution in [0.2, 0.25) is 0 Å². The van der Waals surface area contributed by atoms with Crippen molar-refractivity contribution in [1.29, 1.82) is 0 Å². The van der Waals surface area contributed by atoms with Crippen LogP contribution in [-0.2, 0) is 11.2 Å². The van der Waals surface area contributed by atoms with E-state index in [-0.39, 0.29) is 23.4 Å². The molecule has 0 radical (unpaired) electrons. The Bertz CT molecular complexity index is 713. The van der Waals surface area contributed by atoms with Crippen molar-refractivity contribution in [3.8, 4) is 11.5 Å². The maximum Gasteiger partial charge on any atom is 0.317 e. The normalized spacial score (nSPS) is 23.8. The van der Waals surface area contributed by atoms with Crippen LogP contribution < -0.4 is 20.1 Å². The molecule has 7 nitrogen and oxygen atoms in total. The lowest BCUT2D eigenvalue weighted by atomic mass is 9.78. The minimum atomic E-state index is -0.0392. The van der Waals surface area contributed by atoms with Crippen LogP contribution in [0.5, 0.6) is 11.5 Å². The van der Waals surface area contributed by atoms with Crippen molar-refractivity contribution >= 4 is 11.9 Å². The van der Waals surface area contributed by atoms with Gasteiger partial charge in [-0.2, -0.15) is 0 Å². The van der Waals surface area contributed by atoms with Crippen molar-refractivity contribution in [2.24, 2.45) is 5.41 Å². The van der Waals surface area contributed by atoms with Crippen LogP contribution in [0.25, 0.3) is 0 Å². The largest absolute Gasteiger partial charge is 0.497 e. The predicted molar refractivity (Wildman–Crippen MR) is 95.4 cm³/mol. The molecule has 1 aromatic rings. The quantitative estimate of drug-likeness (QED) is 0.834. The summed E-state index contributed by atoms with van der Waals surface area (Å²) >= 11 is 0. The Morgan fingerprint density at radius 3 is 2.88 bits per heavy atom. The second kappa shape index (κ2) is 6.70. The molecule has 1 aromatic carbocycles. The third-order valence-electron chi connectivity index (χ3n) is 5.82. The van der Waals surface area contributed by atoms with E-state index in [0.29, 0.717) is 26.1 Å². The van der Waals surface area contributed by atoms with E-state index in [4.69, 9.17) is 9.47 Å². The summed E-state index contributed by atoms with van der Waals surface area (Å²) < 4.78 is 11.0. The molecule has 3 aliphatic rings. The van der Waals surface area contributed by atoms with Crippen LogP contribution in [0.15, 0.2) is 18.2 Å². The number of benzene rings is 1. The summed E-state index contributed by atoms with van der Waals surface area (Å²) in [6.07, 6.45) is 3.10. The first kappa shape index (κ1) is 17.0. The highest BCUT2D eigenvalue weighted by Crippen LogP contribution is 2.37. The van der Waals surface area contributed by atoms with Crippen molar-refractivity contribution in [2.75, 3.05) is 33.4 Å². The highest BCUT2D eigenvalue weighted by atomic mass is 16.5. The molecule has 0 saturated carbocycles. The summed E-state index contributed by atoms with van der Waals surface area (Å²) in [7, 11) is 1.63. The number of urea groups is 1. The Hall–Kier alpha value is -2.44. The van der Waals surface area contributed by atoms with Gasteiger partial charge < -0.3 is 25.0 Å². The van der Waals surface area contributed by atoms with E-state index in [1.165, 1.54) is 0 Å². The van der Waals surface area contributed by atoms with Crippen molar-refractivity contribution in [1.82, 2.24) is 15.5 Å². The molecule has 1 spiro atoms. The van der Waals surface area contributed by atoms with Crippen LogP contribution >= 0.6 is 0 Å². The van der Waals surface area contributed by atoms with Gasteiger partial charge in [0.05, 0.1) is 13.2 Å². The average molecular weight is 359 g/mol. The molecule has 26 heavy (non-hydrogen) atoms. The molecule has 2 saturated heterocycles. The lowest BCUT2D eigenvalue weighted by Crippen LogP contribution is -2.52. The van der Waals surface area contributed by atoms with Crippen LogP contribution in [0.1, 0.15) is 24.8 Å². The average Bonchev–Trinajstić information content (AvgIpc) is 3.02. The summed E-state index contributed by atoms with van der Waals surface area (Å²) in [5.41, 5.74) is 1.13. The molecule has 0 aliphatic carbocycles. The Morgan fingerprint density at radius 1 is 1.38 bits per heavy atom. The number of hydrogen-bond acceptors (Lipinski definition) is 4. The number of hydrogen-bond donors (Lipinski definition) is 2. The van der Waals surface area contributed by atoms with Gasteiger partial charge in [0.2, 0.25) is 5.91 Å². The summed E-state index contributed by atoms with van der Waals surface area (Å²) in [6.45, 7) is 2.60. The third-order valence-corrected chi connectivity index (χ3v) is 5.82. The number of piperidine rings is 1. The number of fused-ring (bicyclic) bond motifs is 1. The molecule has 0 aromatic heterocycles. The number of nitrogens with one attached hydrogen (secondary N) is 2. The highest BCUT2D eigenvalue weighted by molar-refractivity contribution is 5.79. The van der Waals surface area contributed by atoms with Crippen LogP contribution in [0, 0.1) is 5.41 Å². The fourth-order valence-corrected chi connectivity index (χ4v) is 4.13. The fourth-order valence-electron chi connectivity index (χ4n) is 4.13. The summed E-state index contributed by atoms with van der Waals surface area (Å²) in [5.74, 6) is 1.74. The SMILES string of the molecule is COc1ccc2c(c1)OCC(NC(=O)N1CCC3(CC1)CNC(=O)C3)C2. The molecular weight excluding hydrogens is 334 g/mol. The number of amides is 3. The van der Waals surface area contributed by atoms with Gasteiger partial charge in [-0.05, 0) is 36.3 Å². The standard InChI is InChI=1S/C19H25N3O4/c1-25-15-3-2-13-8-14(11-26-16(13)9-15)21-18(24)22-6-4-19(5-7-22)10-17(23)20-12-19/h2-3,9,14H,4-8,10-12H2,1H3,(H,20,23)(H,21,24). The van der Waals surface area contributed by atoms with Gasteiger partial charge in [-0.15, -0.1) is 0 Å². The first-order valence-electron chi connectivity index (χ1n) is 9.19. The van der Waals surface area contributed by atoms with Crippen molar-refractivity contribution in [3.63, 3.8) is 0 Å². The number of nitrogens with zero attached hydrogens (tertiary/aromatic N) is 1. The van der Waals surface area contributed by atoms with Crippen molar-refractivity contribution in [3.05, 3.63) is 23.8 Å². The van der Waals surface area contributed by atoms with Gasteiger partial charge in [-0.1, -0.05) is 6.07 Å². The van der Waals surface area contributed by atoms with Crippen molar-refractivity contribution < 1.29 is 19.1 Å². The maximum atomic E-state index is 12.6. The lowest BCUT2D eigenvalue weighted by Gasteiger charge is -2.39. The molecule has 4 rings (SSSR count). The minimum absolute atomic E-state index is 0.0333. The van der Waals surface area contributed by atoms with Gasteiger partial charge in [-0.25, -0.2) is 4.79 Å². The predicted octanol–water partition coefficient (Wildman–Crippen LogP) is 1.31. The summed E-state index contributed by atoms with van der Waals surface area (Å²) in [5, 5.41) is 6.02. The zero-order chi connectivity index (χ0) is 18.1. The van der Waals surface area contributed by atoms with E-state index >= 15 is 0 Å². The van der Waals surface area contributed by atoms with Crippen LogP contribution in [-0.4, -0.2) is 56.2 Å². The fraction of sp³-hybridized carbons (Fsp3) is 0.579. The topological polar surface area (TPSA) is 79.9 Å². The minimum Gasteiger partial charge on any atom is -0.497 e. The van der Waals surface area contributed by atoms with Crippen LogP contribution in [0.4, 0.5) is 4.79 Å². The lowest BCUT2D eigenvalue weighted by molar-refractivity contribution is -0.119. The highest BCUT2D eigenvalue weighted by Gasteiger charge is 2.41. The van der Waals surface area contributed by atoms with E-state index in [2.05, 4.69) is 10.6 Å². The third kappa shape index (κ3) is 3.30. The summed E-state index contributed by atoms with van der Waals surface area (Å²) in [4.78, 5) is 26.0. The second-order valence-electron chi connectivity index (χ2n) is 7.58. The maximum absolute atomic E-state index is 12.6. The molecule has 7 heteroatoms. The van der Waals surface area contributed by atoms with E-state index in [1.807, 2.05) is 23.1 Å². The molecule has 3 aliphatic heterocycles. The Balaban J connectivity index is 1.31. The molecule has 3 amide bonds. The molecule has 140 valence electrons. The number of rotatable bonds is 2. The molecule has 1 atom stereocenters. The zero-order valence-corrected chi connectivity index (χ0v) is 15.0. The number of carbonyl (C=O) groups excluding carboxylic acids is 2. The number of carbonyl (C=O) groups is 2. The van der Waals surface area contributed by atoms with E-state index < -0.39 is 0 Å². The molecule has 0 bridgehead atoms. The van der Waals surface area contributed by atoms with Crippen LogP contribution in [0.3, 0.4) is 0 Å². The number of ether oxygens (including phenoxy) is 2. The van der Waals surface area contributed by atoms with Crippen molar-refractivity contribution in [2.45, 2.75) is 31.7 Å². The molecular formula is C19H25N3O4. The smallest absolute Gasteiger partial charge is 0.317 e. The van der Waals surface area contributed by atoms with Gasteiger partial charge in [0.25, 0.3) is 0 Å². The van der Waals surface area contributed by atoms with Gasteiger partial charge in [0, 0.05) is 32.1 Å². The van der Waals surface area contributed by atoms with Gasteiger partial charge >= 0.3 is 6.03 Å². The van der Waals surface area contributed by atoms with Gasteiger partial charge in [0.15, 0.2) is 0 Å². The number of likely N-dealkylation sites (tertiary alicyclic amines) is 1. The second-order valence-corrected chi connectivity index (χ2v) is 7.58. The zero-order valence-electron chi connectivity index (χ0n) is 15.0. The van der Waals surface area contributed by atoms with Gasteiger partial charge in [0.1, 0.15) is 18.1 Å². The first-order chi connectivity index (χ1) is 12.6. The first-order valence-corrected chi connectivity index (χ1v) is 9.19. The monoisotopic (exact) mass is 359 g/mol. The Morgan fingerprint density at radius 2 is 2.19 bits per heavy atom. The molecule has 2 fully saturated rings. The van der Waals surface area contributed by atoms with Gasteiger partial charge in [-0.3, -0.25) is 4.79 Å².